The van der Waals surface area contributed by atoms with E-state index < -0.39 is 12.5 Å². The zero-order chi connectivity index (χ0) is 14.0. The Balaban J connectivity index is 0.00000200. The molecule has 0 unspecified atom stereocenters. The minimum Gasteiger partial charge on any atom is -0.507 e. The Hall–Kier alpha value is -0.620. The van der Waals surface area contributed by atoms with E-state index in [2.05, 4.69) is 5.32 Å². The van der Waals surface area contributed by atoms with Gasteiger partial charge in [-0.05, 0) is 30.5 Å². The fourth-order valence-electron chi connectivity index (χ4n) is 2.64. The summed E-state index contributed by atoms with van der Waals surface area (Å²) < 4.78 is 26.8. The van der Waals surface area contributed by atoms with E-state index >= 15 is 0 Å². The first-order valence-electron chi connectivity index (χ1n) is 6.53. The molecule has 21 heavy (non-hydrogen) atoms. The third-order valence-corrected chi connectivity index (χ3v) is 3.64. The monoisotopic (exact) mass is 342 g/mol. The summed E-state index contributed by atoms with van der Waals surface area (Å²) in [5.74, 6) is 0.192. The maximum absolute atomic E-state index is 13.4. The Kier molecular flexibility index (Phi) is 8.48. The first-order chi connectivity index (χ1) is 9.00. The molecule has 1 fully saturated rings. The van der Waals surface area contributed by atoms with Crippen LogP contribution in [0.3, 0.4) is 0 Å². The Bertz CT molecular complexity index is 432. The lowest BCUT2D eigenvalue weighted by atomic mass is 9.99. The number of rotatable bonds is 3. The Labute approximate surface area is 136 Å². The van der Waals surface area contributed by atoms with Crippen LogP contribution in [-0.4, -0.2) is 42.6 Å². The number of halogens is 4. The van der Waals surface area contributed by atoms with E-state index in [1.807, 2.05) is 4.90 Å². The number of nitrogens with one attached hydrogen (secondary N) is 1. The molecule has 0 aromatic heterocycles. The van der Waals surface area contributed by atoms with Gasteiger partial charge in [0.05, 0.1) is 6.04 Å². The number of piperazine rings is 1. The van der Waals surface area contributed by atoms with Gasteiger partial charge in [-0.25, -0.2) is 8.78 Å². The summed E-state index contributed by atoms with van der Waals surface area (Å²) in [7, 11) is 0. The topological polar surface area (TPSA) is 35.5 Å². The van der Waals surface area contributed by atoms with E-state index in [-0.39, 0.29) is 30.6 Å². The lowest BCUT2D eigenvalue weighted by molar-refractivity contribution is 0.0181. The van der Waals surface area contributed by atoms with Crippen LogP contribution in [0, 0.1) is 13.8 Å². The summed E-state index contributed by atoms with van der Waals surface area (Å²) in [6.45, 7) is 6.19. The molecule has 122 valence electrons. The van der Waals surface area contributed by atoms with Gasteiger partial charge in [-0.2, -0.15) is 0 Å². The van der Waals surface area contributed by atoms with Crippen LogP contribution < -0.4 is 5.32 Å². The molecule has 0 aliphatic carbocycles. The third-order valence-electron chi connectivity index (χ3n) is 3.64. The number of phenolic OH excluding ortho intramolecular Hbond substituents is 1. The van der Waals surface area contributed by atoms with Crippen molar-refractivity contribution in [2.45, 2.75) is 26.3 Å². The number of aromatic hydroxyl groups is 1. The van der Waals surface area contributed by atoms with Crippen molar-refractivity contribution in [2.75, 3.05) is 26.2 Å². The molecule has 0 spiro atoms. The molecule has 7 heteroatoms. The van der Waals surface area contributed by atoms with Crippen molar-refractivity contribution in [2.24, 2.45) is 0 Å². The fraction of sp³-hybridized carbons (Fsp3) is 0.571. The molecule has 1 aromatic rings. The predicted molar refractivity (Wildman–Crippen MR) is 85.3 cm³/mol. The highest BCUT2D eigenvalue weighted by Gasteiger charge is 2.30. The highest BCUT2D eigenvalue weighted by Crippen LogP contribution is 2.32. The molecule has 1 atom stereocenters. The van der Waals surface area contributed by atoms with Gasteiger partial charge < -0.3 is 10.4 Å². The van der Waals surface area contributed by atoms with Gasteiger partial charge in [-0.15, -0.1) is 24.8 Å². The van der Waals surface area contributed by atoms with Gasteiger partial charge in [0, 0.05) is 26.2 Å². The molecule has 1 saturated heterocycles. The van der Waals surface area contributed by atoms with Crippen LogP contribution in [0.15, 0.2) is 12.1 Å². The lowest BCUT2D eigenvalue weighted by Gasteiger charge is -2.35. The number of hydrogen-bond donors (Lipinski definition) is 2. The van der Waals surface area contributed by atoms with Crippen LogP contribution in [0.5, 0.6) is 5.75 Å². The molecular formula is C14H22Cl2F2N2O. The highest BCUT2D eigenvalue weighted by atomic mass is 35.5. The van der Waals surface area contributed by atoms with Gasteiger partial charge in [0.15, 0.2) is 0 Å². The van der Waals surface area contributed by atoms with Crippen molar-refractivity contribution in [3.05, 3.63) is 28.8 Å². The number of phenols is 1. The first kappa shape index (κ1) is 20.4. The smallest absolute Gasteiger partial charge is 0.258 e. The van der Waals surface area contributed by atoms with Crippen molar-refractivity contribution in [1.82, 2.24) is 10.2 Å². The van der Waals surface area contributed by atoms with E-state index in [9.17, 15) is 13.9 Å². The van der Waals surface area contributed by atoms with Crippen LogP contribution in [0.2, 0.25) is 0 Å². The second kappa shape index (κ2) is 8.73. The SMILES string of the molecule is Cc1cc([C@H](C(F)F)N2CCNCC2)cc(C)c1O.Cl.Cl. The third kappa shape index (κ3) is 4.68. The number of aryl methyl sites for hydroxylation is 2. The lowest BCUT2D eigenvalue weighted by Crippen LogP contribution is -2.46. The molecule has 1 aromatic carbocycles. The van der Waals surface area contributed by atoms with E-state index in [0.717, 1.165) is 13.1 Å². The van der Waals surface area contributed by atoms with Crippen molar-refractivity contribution >= 4 is 24.8 Å². The van der Waals surface area contributed by atoms with Crippen LogP contribution in [-0.2, 0) is 0 Å². The molecule has 2 N–H and O–H groups in total. The van der Waals surface area contributed by atoms with Crippen molar-refractivity contribution in [1.29, 1.82) is 0 Å². The van der Waals surface area contributed by atoms with Crippen molar-refractivity contribution in [3.63, 3.8) is 0 Å². The maximum Gasteiger partial charge on any atom is 0.258 e. The molecule has 0 amide bonds. The quantitative estimate of drug-likeness (QED) is 0.886. The zero-order valence-corrected chi connectivity index (χ0v) is 13.7. The molecule has 2 rings (SSSR count). The van der Waals surface area contributed by atoms with E-state index in [1.165, 1.54) is 0 Å². The van der Waals surface area contributed by atoms with Gasteiger partial charge in [0.2, 0.25) is 0 Å². The number of hydrogen-bond acceptors (Lipinski definition) is 3. The molecule has 1 aliphatic rings. The van der Waals surface area contributed by atoms with Crippen LogP contribution in [0.1, 0.15) is 22.7 Å². The molecule has 0 saturated carbocycles. The number of alkyl halides is 2. The van der Waals surface area contributed by atoms with Gasteiger partial charge in [-0.1, -0.05) is 12.1 Å². The van der Waals surface area contributed by atoms with Crippen LogP contribution in [0.4, 0.5) is 8.78 Å². The highest BCUT2D eigenvalue weighted by molar-refractivity contribution is 5.85. The van der Waals surface area contributed by atoms with E-state index in [0.29, 0.717) is 29.8 Å². The van der Waals surface area contributed by atoms with E-state index in [4.69, 9.17) is 0 Å². The zero-order valence-electron chi connectivity index (χ0n) is 12.1. The molecule has 0 bridgehead atoms. The number of benzene rings is 1. The first-order valence-corrected chi connectivity index (χ1v) is 6.53. The Morgan fingerprint density at radius 1 is 1.10 bits per heavy atom. The van der Waals surface area contributed by atoms with Crippen LogP contribution in [0.25, 0.3) is 0 Å². The second-order valence-corrected chi connectivity index (χ2v) is 5.07. The average molecular weight is 343 g/mol. The molecule has 3 nitrogen and oxygen atoms in total. The molecule has 1 aliphatic heterocycles. The maximum atomic E-state index is 13.4. The molecular weight excluding hydrogens is 321 g/mol. The van der Waals surface area contributed by atoms with Crippen LogP contribution >= 0.6 is 24.8 Å². The van der Waals surface area contributed by atoms with Gasteiger partial charge >= 0.3 is 0 Å². The second-order valence-electron chi connectivity index (χ2n) is 5.07. The Morgan fingerprint density at radius 2 is 1.57 bits per heavy atom. The normalized spacial score (nSPS) is 17.0. The summed E-state index contributed by atoms with van der Waals surface area (Å²) in [6, 6.07) is 2.45. The summed E-state index contributed by atoms with van der Waals surface area (Å²) >= 11 is 0. The molecule has 1 heterocycles. The minimum atomic E-state index is -2.43. The van der Waals surface area contributed by atoms with Gasteiger partial charge in [0.25, 0.3) is 6.43 Å². The Morgan fingerprint density at radius 3 is 2.00 bits per heavy atom. The van der Waals surface area contributed by atoms with E-state index in [1.54, 1.807) is 26.0 Å². The summed E-state index contributed by atoms with van der Waals surface area (Å²) in [5, 5.41) is 12.9. The largest absolute Gasteiger partial charge is 0.507 e. The average Bonchev–Trinajstić information content (AvgIpc) is 2.37. The minimum absolute atomic E-state index is 0. The van der Waals surface area contributed by atoms with Gasteiger partial charge in [0.1, 0.15) is 5.75 Å². The summed E-state index contributed by atoms with van der Waals surface area (Å²) in [4.78, 5) is 1.81. The van der Waals surface area contributed by atoms with Crippen molar-refractivity contribution < 1.29 is 13.9 Å². The summed E-state index contributed by atoms with van der Waals surface area (Å²) in [5.41, 5.74) is 1.89. The number of nitrogens with zero attached hydrogens (tertiary/aromatic N) is 1. The standard InChI is InChI=1S/C14H20F2N2O.2ClH/c1-9-7-11(8-10(2)13(9)19)12(14(15)16)18-5-3-17-4-6-18;;/h7-8,12,14,17,19H,3-6H2,1-2H3;2*1H/t12-;;/m1../s1. The molecule has 0 radical (unpaired) electrons. The fourth-order valence-corrected chi connectivity index (χ4v) is 2.64. The van der Waals surface area contributed by atoms with Gasteiger partial charge in [-0.3, -0.25) is 4.90 Å². The predicted octanol–water partition coefficient (Wildman–Crippen LogP) is 3.06. The van der Waals surface area contributed by atoms with Crippen molar-refractivity contribution in [3.8, 4) is 5.75 Å². The summed E-state index contributed by atoms with van der Waals surface area (Å²) in [6.07, 6.45) is -2.43.